The van der Waals surface area contributed by atoms with Crippen molar-refractivity contribution in [3.8, 4) is 0 Å². The maximum Gasteiger partial charge on any atom is 0.219 e. The van der Waals surface area contributed by atoms with E-state index >= 15 is 0 Å². The van der Waals surface area contributed by atoms with Crippen molar-refractivity contribution in [2.24, 2.45) is 0 Å². The molecule has 1 aromatic carbocycles. The second-order valence-electron chi connectivity index (χ2n) is 4.82. The third-order valence-electron chi connectivity index (χ3n) is 3.52. The Bertz CT molecular complexity index is 441. The van der Waals surface area contributed by atoms with Crippen LogP contribution in [0.5, 0.6) is 0 Å². The van der Waals surface area contributed by atoms with Crippen molar-refractivity contribution < 1.29 is 13.6 Å². The lowest BCUT2D eigenvalue weighted by Crippen LogP contribution is -2.36. The summed E-state index contributed by atoms with van der Waals surface area (Å²) in [7, 11) is 0. The molecule has 1 aliphatic rings. The molecule has 1 aromatic rings. The molecule has 0 spiro atoms. The van der Waals surface area contributed by atoms with Gasteiger partial charge in [-0.05, 0) is 31.0 Å². The highest BCUT2D eigenvalue weighted by Gasteiger charge is 2.25. The molecule has 1 saturated carbocycles. The zero-order valence-electron chi connectivity index (χ0n) is 10.5. The second-order valence-corrected chi connectivity index (χ2v) is 4.82. The molecule has 18 heavy (non-hydrogen) atoms. The number of rotatable bonds is 3. The van der Waals surface area contributed by atoms with E-state index in [2.05, 4.69) is 0 Å². The minimum absolute atomic E-state index is 0.0782. The van der Waals surface area contributed by atoms with E-state index in [-0.39, 0.29) is 24.1 Å². The highest BCUT2D eigenvalue weighted by atomic mass is 19.1. The van der Waals surface area contributed by atoms with Gasteiger partial charge in [0.25, 0.3) is 0 Å². The number of benzene rings is 1. The van der Waals surface area contributed by atoms with Crippen molar-refractivity contribution in [2.75, 3.05) is 0 Å². The van der Waals surface area contributed by atoms with E-state index in [1.54, 1.807) is 4.90 Å². The van der Waals surface area contributed by atoms with Gasteiger partial charge in [0.2, 0.25) is 5.91 Å². The Hall–Kier alpha value is -1.45. The topological polar surface area (TPSA) is 20.3 Å². The summed E-state index contributed by atoms with van der Waals surface area (Å²) in [4.78, 5) is 13.3. The minimum Gasteiger partial charge on any atom is -0.336 e. The molecule has 1 aliphatic carbocycles. The zero-order chi connectivity index (χ0) is 13.1. The first-order valence-electron chi connectivity index (χ1n) is 6.29. The fourth-order valence-corrected chi connectivity index (χ4v) is 2.56. The second kappa shape index (κ2) is 5.46. The minimum atomic E-state index is -0.471. The third-order valence-corrected chi connectivity index (χ3v) is 3.52. The summed E-state index contributed by atoms with van der Waals surface area (Å²) in [6, 6.07) is 3.54. The van der Waals surface area contributed by atoms with Gasteiger partial charge in [-0.2, -0.15) is 0 Å². The molecule has 0 aliphatic heterocycles. The van der Waals surface area contributed by atoms with Crippen LogP contribution in [-0.4, -0.2) is 16.8 Å². The summed E-state index contributed by atoms with van der Waals surface area (Å²) in [5, 5.41) is 0. The van der Waals surface area contributed by atoms with Crippen molar-refractivity contribution >= 4 is 5.91 Å². The molecule has 4 heteroatoms. The molecule has 0 N–H and O–H groups in total. The largest absolute Gasteiger partial charge is 0.336 e. The molecule has 0 atom stereocenters. The molecular weight excluding hydrogens is 236 g/mol. The standard InChI is InChI=1S/C14H17F2NO/c1-10(18)17(13-4-2-3-5-13)9-11-8-12(15)6-7-14(11)16/h6-8,13H,2-5,9H2,1H3. The van der Waals surface area contributed by atoms with Crippen LogP contribution in [0.4, 0.5) is 8.78 Å². The van der Waals surface area contributed by atoms with Gasteiger partial charge in [0.15, 0.2) is 0 Å². The van der Waals surface area contributed by atoms with Gasteiger partial charge in [-0.25, -0.2) is 8.78 Å². The quantitative estimate of drug-likeness (QED) is 0.809. The fourth-order valence-electron chi connectivity index (χ4n) is 2.56. The lowest BCUT2D eigenvalue weighted by molar-refractivity contribution is -0.131. The number of carbonyl (C=O) groups is 1. The molecule has 98 valence electrons. The Morgan fingerprint density at radius 2 is 2.00 bits per heavy atom. The first-order chi connectivity index (χ1) is 8.58. The van der Waals surface area contributed by atoms with Gasteiger partial charge in [-0.1, -0.05) is 12.8 Å². The number of nitrogens with zero attached hydrogens (tertiary/aromatic N) is 1. The number of amides is 1. The molecule has 1 amide bonds. The van der Waals surface area contributed by atoms with Crippen molar-refractivity contribution in [1.29, 1.82) is 0 Å². The van der Waals surface area contributed by atoms with E-state index in [0.717, 1.165) is 37.8 Å². The number of halogens is 2. The van der Waals surface area contributed by atoms with E-state index < -0.39 is 11.6 Å². The summed E-state index contributed by atoms with van der Waals surface area (Å²) in [5.74, 6) is -1.01. The van der Waals surface area contributed by atoms with Gasteiger partial charge in [0.05, 0.1) is 0 Å². The van der Waals surface area contributed by atoms with Crippen LogP contribution in [0.1, 0.15) is 38.2 Å². The Morgan fingerprint density at radius 3 is 2.61 bits per heavy atom. The molecule has 0 heterocycles. The SMILES string of the molecule is CC(=O)N(Cc1cc(F)ccc1F)C1CCCC1. The number of hydrogen-bond acceptors (Lipinski definition) is 1. The summed E-state index contributed by atoms with van der Waals surface area (Å²) in [6.07, 6.45) is 4.10. The smallest absolute Gasteiger partial charge is 0.219 e. The Balaban J connectivity index is 2.17. The normalized spacial score (nSPS) is 15.9. The Morgan fingerprint density at radius 1 is 1.33 bits per heavy atom. The molecule has 1 fully saturated rings. The van der Waals surface area contributed by atoms with Crippen molar-refractivity contribution in [2.45, 2.75) is 45.2 Å². The van der Waals surface area contributed by atoms with Crippen LogP contribution < -0.4 is 0 Å². The van der Waals surface area contributed by atoms with Crippen LogP contribution in [0, 0.1) is 11.6 Å². The maximum atomic E-state index is 13.6. The Labute approximate surface area is 106 Å². The average Bonchev–Trinajstić information content (AvgIpc) is 2.83. The fraction of sp³-hybridized carbons (Fsp3) is 0.500. The van der Waals surface area contributed by atoms with E-state index in [4.69, 9.17) is 0 Å². The summed E-state index contributed by atoms with van der Waals surface area (Å²) < 4.78 is 26.7. The van der Waals surface area contributed by atoms with E-state index in [1.165, 1.54) is 13.0 Å². The molecule has 0 unspecified atom stereocenters. The van der Waals surface area contributed by atoms with Gasteiger partial charge in [0.1, 0.15) is 11.6 Å². The summed E-state index contributed by atoms with van der Waals surface area (Å²) in [5.41, 5.74) is 0.247. The number of hydrogen-bond donors (Lipinski definition) is 0. The van der Waals surface area contributed by atoms with Gasteiger partial charge in [0, 0.05) is 25.1 Å². The van der Waals surface area contributed by atoms with Crippen molar-refractivity contribution in [1.82, 2.24) is 4.90 Å². The molecule has 0 aromatic heterocycles. The lowest BCUT2D eigenvalue weighted by atomic mass is 10.1. The third kappa shape index (κ3) is 2.86. The van der Waals surface area contributed by atoms with E-state index in [0.29, 0.717) is 0 Å². The summed E-state index contributed by atoms with van der Waals surface area (Å²) >= 11 is 0. The lowest BCUT2D eigenvalue weighted by Gasteiger charge is -2.28. The van der Waals surface area contributed by atoms with Gasteiger partial charge >= 0.3 is 0 Å². The average molecular weight is 253 g/mol. The van der Waals surface area contributed by atoms with E-state index in [1.807, 2.05) is 0 Å². The summed E-state index contributed by atoms with van der Waals surface area (Å²) in [6.45, 7) is 1.64. The van der Waals surface area contributed by atoms with Crippen LogP contribution in [0.2, 0.25) is 0 Å². The zero-order valence-corrected chi connectivity index (χ0v) is 10.5. The predicted octanol–water partition coefficient (Wildman–Crippen LogP) is 3.26. The maximum absolute atomic E-state index is 13.6. The van der Waals surface area contributed by atoms with Gasteiger partial charge < -0.3 is 4.90 Å². The Kier molecular flexibility index (Phi) is 3.94. The molecule has 2 rings (SSSR count). The van der Waals surface area contributed by atoms with Crippen molar-refractivity contribution in [3.05, 3.63) is 35.4 Å². The van der Waals surface area contributed by atoms with Crippen LogP contribution in [0.3, 0.4) is 0 Å². The first kappa shape index (κ1) is 13.0. The molecule has 0 radical (unpaired) electrons. The van der Waals surface area contributed by atoms with Crippen LogP contribution >= 0.6 is 0 Å². The van der Waals surface area contributed by atoms with Crippen molar-refractivity contribution in [3.63, 3.8) is 0 Å². The molecule has 0 saturated heterocycles. The number of carbonyl (C=O) groups excluding carboxylic acids is 1. The highest BCUT2D eigenvalue weighted by molar-refractivity contribution is 5.73. The monoisotopic (exact) mass is 253 g/mol. The van der Waals surface area contributed by atoms with Crippen LogP contribution in [0.25, 0.3) is 0 Å². The molecule has 0 bridgehead atoms. The van der Waals surface area contributed by atoms with Crippen LogP contribution in [-0.2, 0) is 11.3 Å². The first-order valence-corrected chi connectivity index (χ1v) is 6.29. The van der Waals surface area contributed by atoms with Gasteiger partial charge in [-0.15, -0.1) is 0 Å². The van der Waals surface area contributed by atoms with Crippen LogP contribution in [0.15, 0.2) is 18.2 Å². The molecular formula is C14H17F2NO. The van der Waals surface area contributed by atoms with Gasteiger partial charge in [-0.3, -0.25) is 4.79 Å². The van der Waals surface area contributed by atoms with E-state index in [9.17, 15) is 13.6 Å². The predicted molar refractivity (Wildman–Crippen MR) is 64.8 cm³/mol. The highest BCUT2D eigenvalue weighted by Crippen LogP contribution is 2.25. The molecule has 2 nitrogen and oxygen atoms in total.